The van der Waals surface area contributed by atoms with Crippen molar-refractivity contribution < 1.29 is 23.1 Å². The zero-order valence-electron chi connectivity index (χ0n) is 15.2. The van der Waals surface area contributed by atoms with Crippen LogP contribution in [0.25, 0.3) is 11.0 Å². The Bertz CT molecular complexity index is 1280. The monoisotopic (exact) mass is 419 g/mol. The smallest absolute Gasteiger partial charge is 0.324 e. The van der Waals surface area contributed by atoms with Gasteiger partial charge in [-0.25, -0.2) is 8.42 Å². The lowest BCUT2D eigenvalue weighted by atomic mass is 10.3. The molecule has 10 nitrogen and oxygen atoms in total. The Morgan fingerprint density at radius 1 is 1.03 bits per heavy atom. The highest BCUT2D eigenvalue weighted by Gasteiger charge is 2.27. The molecule has 0 aliphatic carbocycles. The first-order chi connectivity index (χ1) is 13.7. The van der Waals surface area contributed by atoms with Crippen LogP contribution in [-0.2, 0) is 14.8 Å². The SMILES string of the molecule is CCOc1ccc(N(CC(=O)O)S(=O)(=O)c2ccc3[nH]c(=O)c(=O)[nH]c3c2)cc1. The van der Waals surface area contributed by atoms with Crippen molar-refractivity contribution in [3.05, 3.63) is 63.2 Å². The number of nitrogens with zero attached hydrogens (tertiary/aromatic N) is 1. The van der Waals surface area contributed by atoms with E-state index >= 15 is 0 Å². The quantitative estimate of drug-likeness (QED) is 0.481. The van der Waals surface area contributed by atoms with Crippen molar-refractivity contribution in [2.75, 3.05) is 17.5 Å². The van der Waals surface area contributed by atoms with E-state index in [2.05, 4.69) is 9.97 Å². The molecule has 0 saturated carbocycles. The van der Waals surface area contributed by atoms with E-state index in [0.717, 1.165) is 10.4 Å². The van der Waals surface area contributed by atoms with Crippen LogP contribution in [0.15, 0.2) is 56.9 Å². The molecule has 2 aromatic carbocycles. The van der Waals surface area contributed by atoms with Crippen molar-refractivity contribution in [2.45, 2.75) is 11.8 Å². The number of aliphatic carboxylic acids is 1. The van der Waals surface area contributed by atoms with Crippen molar-refractivity contribution >= 4 is 32.7 Å². The topological polar surface area (TPSA) is 150 Å². The minimum Gasteiger partial charge on any atom is -0.494 e. The average molecular weight is 419 g/mol. The number of carboxylic acids is 1. The van der Waals surface area contributed by atoms with Crippen molar-refractivity contribution in [1.82, 2.24) is 9.97 Å². The van der Waals surface area contributed by atoms with Gasteiger partial charge in [0.2, 0.25) is 0 Å². The number of rotatable bonds is 7. The molecule has 1 heterocycles. The number of benzene rings is 2. The molecule has 3 aromatic rings. The normalized spacial score (nSPS) is 11.3. The Balaban J connectivity index is 2.10. The van der Waals surface area contributed by atoms with E-state index < -0.39 is 33.7 Å². The fourth-order valence-corrected chi connectivity index (χ4v) is 4.14. The summed E-state index contributed by atoms with van der Waals surface area (Å²) in [5, 5.41) is 9.21. The third-order valence-electron chi connectivity index (χ3n) is 4.00. The van der Waals surface area contributed by atoms with Gasteiger partial charge < -0.3 is 19.8 Å². The van der Waals surface area contributed by atoms with E-state index in [4.69, 9.17) is 4.74 Å². The summed E-state index contributed by atoms with van der Waals surface area (Å²) < 4.78 is 32.3. The molecule has 11 heteroatoms. The number of carboxylic acid groups (broad SMARTS) is 1. The number of anilines is 1. The predicted octanol–water partition coefficient (Wildman–Crippen LogP) is 0.895. The molecule has 3 N–H and O–H groups in total. The first-order valence-electron chi connectivity index (χ1n) is 8.46. The highest BCUT2D eigenvalue weighted by Crippen LogP contribution is 2.26. The number of fused-ring (bicyclic) bond motifs is 1. The van der Waals surface area contributed by atoms with Crippen LogP contribution in [0.2, 0.25) is 0 Å². The number of aromatic nitrogens is 2. The molecule has 0 saturated heterocycles. The summed E-state index contributed by atoms with van der Waals surface area (Å²) >= 11 is 0. The number of hydrogen-bond acceptors (Lipinski definition) is 6. The van der Waals surface area contributed by atoms with Crippen molar-refractivity contribution in [2.24, 2.45) is 0 Å². The zero-order valence-corrected chi connectivity index (χ0v) is 16.0. The van der Waals surface area contributed by atoms with E-state index in [-0.39, 0.29) is 21.6 Å². The molecule has 152 valence electrons. The fourth-order valence-electron chi connectivity index (χ4n) is 2.69. The Kier molecular flexibility index (Phi) is 5.41. The molecule has 0 atom stereocenters. The Labute approximate surface area is 164 Å². The molecule has 1 aromatic heterocycles. The lowest BCUT2D eigenvalue weighted by Crippen LogP contribution is -2.35. The van der Waals surface area contributed by atoms with Gasteiger partial charge in [-0.1, -0.05) is 0 Å². The largest absolute Gasteiger partial charge is 0.494 e. The first-order valence-corrected chi connectivity index (χ1v) is 9.90. The third-order valence-corrected chi connectivity index (χ3v) is 5.77. The van der Waals surface area contributed by atoms with Crippen LogP contribution < -0.4 is 20.2 Å². The third kappa shape index (κ3) is 4.14. The number of hydrogen-bond donors (Lipinski definition) is 3. The van der Waals surface area contributed by atoms with Crippen LogP contribution in [0, 0.1) is 0 Å². The van der Waals surface area contributed by atoms with Crippen LogP contribution in [0.4, 0.5) is 5.69 Å². The van der Waals surface area contributed by atoms with Crippen LogP contribution in [0.3, 0.4) is 0 Å². The summed E-state index contributed by atoms with van der Waals surface area (Å²) in [5.41, 5.74) is -1.33. The second-order valence-electron chi connectivity index (χ2n) is 5.95. The summed E-state index contributed by atoms with van der Waals surface area (Å²) in [6.07, 6.45) is 0. The number of nitrogens with one attached hydrogen (secondary N) is 2. The molecular formula is C18H17N3O7S. The molecule has 0 spiro atoms. The van der Waals surface area contributed by atoms with Crippen LogP contribution >= 0.6 is 0 Å². The highest BCUT2D eigenvalue weighted by atomic mass is 32.2. The van der Waals surface area contributed by atoms with Gasteiger partial charge in [0.05, 0.1) is 28.2 Å². The zero-order chi connectivity index (χ0) is 21.2. The lowest BCUT2D eigenvalue weighted by Gasteiger charge is -2.23. The van der Waals surface area contributed by atoms with Gasteiger partial charge in [-0.05, 0) is 49.4 Å². The molecule has 0 amide bonds. The molecule has 0 aliphatic rings. The summed E-state index contributed by atoms with van der Waals surface area (Å²) in [5.74, 6) is -0.836. The van der Waals surface area contributed by atoms with Crippen molar-refractivity contribution in [1.29, 1.82) is 0 Å². The number of carbonyl (C=O) groups is 1. The van der Waals surface area contributed by atoms with Crippen LogP contribution in [-0.4, -0.2) is 42.6 Å². The number of H-pyrrole nitrogens is 2. The van der Waals surface area contributed by atoms with Gasteiger partial charge in [0.15, 0.2) is 0 Å². The molecule has 29 heavy (non-hydrogen) atoms. The second kappa shape index (κ2) is 7.80. The van der Waals surface area contributed by atoms with Crippen molar-refractivity contribution in [3.8, 4) is 5.75 Å². The van der Waals surface area contributed by atoms with Gasteiger partial charge in [-0.2, -0.15) is 0 Å². The number of ether oxygens (including phenoxy) is 1. The Morgan fingerprint density at radius 2 is 1.66 bits per heavy atom. The molecule has 0 bridgehead atoms. The summed E-state index contributed by atoms with van der Waals surface area (Å²) in [6.45, 7) is 1.41. The van der Waals surface area contributed by atoms with E-state index in [1.807, 2.05) is 0 Å². The second-order valence-corrected chi connectivity index (χ2v) is 7.81. The van der Waals surface area contributed by atoms with E-state index in [1.165, 1.54) is 36.4 Å². The lowest BCUT2D eigenvalue weighted by molar-refractivity contribution is -0.135. The molecule has 0 unspecified atom stereocenters. The molecule has 0 aliphatic heterocycles. The Hall–Kier alpha value is -3.60. The molecular weight excluding hydrogens is 402 g/mol. The molecule has 0 fully saturated rings. The maximum Gasteiger partial charge on any atom is 0.324 e. The van der Waals surface area contributed by atoms with Gasteiger partial charge in [0, 0.05) is 0 Å². The van der Waals surface area contributed by atoms with Gasteiger partial charge in [-0.3, -0.25) is 18.7 Å². The predicted molar refractivity (Wildman–Crippen MR) is 105 cm³/mol. The minimum atomic E-state index is -4.29. The molecule has 3 rings (SSSR count). The molecule has 0 radical (unpaired) electrons. The number of aromatic amines is 2. The maximum absolute atomic E-state index is 13.1. The minimum absolute atomic E-state index is 0.0950. The summed E-state index contributed by atoms with van der Waals surface area (Å²) in [4.78, 5) is 38.6. The van der Waals surface area contributed by atoms with Gasteiger partial charge in [0.1, 0.15) is 12.3 Å². The van der Waals surface area contributed by atoms with E-state index in [1.54, 1.807) is 6.92 Å². The van der Waals surface area contributed by atoms with E-state index in [0.29, 0.717) is 12.4 Å². The fraction of sp³-hybridized carbons (Fsp3) is 0.167. The van der Waals surface area contributed by atoms with Gasteiger partial charge in [-0.15, -0.1) is 0 Å². The Morgan fingerprint density at radius 3 is 2.24 bits per heavy atom. The highest BCUT2D eigenvalue weighted by molar-refractivity contribution is 7.92. The number of sulfonamides is 1. The first kappa shape index (κ1) is 20.1. The maximum atomic E-state index is 13.1. The van der Waals surface area contributed by atoms with Crippen LogP contribution in [0.5, 0.6) is 5.75 Å². The summed E-state index contributed by atoms with van der Waals surface area (Å²) in [7, 11) is -4.29. The van der Waals surface area contributed by atoms with Gasteiger partial charge in [0.25, 0.3) is 10.0 Å². The summed E-state index contributed by atoms with van der Waals surface area (Å²) in [6, 6.07) is 9.63. The van der Waals surface area contributed by atoms with E-state index in [9.17, 15) is 27.9 Å². The van der Waals surface area contributed by atoms with Gasteiger partial charge >= 0.3 is 17.1 Å². The van der Waals surface area contributed by atoms with Crippen LogP contribution in [0.1, 0.15) is 6.92 Å². The standard InChI is InChI=1S/C18H17N3O7S/c1-2-28-12-5-3-11(4-6-12)21(10-16(22)23)29(26,27)13-7-8-14-15(9-13)20-18(25)17(24)19-14/h3-9H,2,10H2,1H3,(H,19,24)(H,20,25)(H,22,23). The van der Waals surface area contributed by atoms with Crippen molar-refractivity contribution in [3.63, 3.8) is 0 Å². The average Bonchev–Trinajstić information content (AvgIpc) is 2.67.